The van der Waals surface area contributed by atoms with Gasteiger partial charge in [0.2, 0.25) is 10.0 Å². The van der Waals surface area contributed by atoms with Crippen LogP contribution in [0.15, 0.2) is 41.3 Å². The Kier molecular flexibility index (Phi) is 5.81. The lowest BCUT2D eigenvalue weighted by molar-refractivity contribution is 0.0601. The van der Waals surface area contributed by atoms with Gasteiger partial charge in [0.25, 0.3) is 0 Å². The second-order valence-electron chi connectivity index (χ2n) is 5.92. The molecular weight excluding hydrogens is 340 g/mol. The van der Waals surface area contributed by atoms with Gasteiger partial charge < -0.3 is 10.1 Å². The highest BCUT2D eigenvalue weighted by molar-refractivity contribution is 7.89. The van der Waals surface area contributed by atoms with Gasteiger partial charge in [-0.25, -0.2) is 18.4 Å². The molecule has 0 aromatic heterocycles. The van der Waals surface area contributed by atoms with E-state index >= 15 is 0 Å². The summed E-state index contributed by atoms with van der Waals surface area (Å²) in [5.41, 5.74) is 4.22. The van der Waals surface area contributed by atoms with Crippen LogP contribution >= 0.6 is 0 Å². The number of aryl methyl sites for hydroxylation is 2. The van der Waals surface area contributed by atoms with Crippen molar-refractivity contribution >= 4 is 21.7 Å². The van der Waals surface area contributed by atoms with E-state index in [1.54, 1.807) is 0 Å². The molecule has 0 aliphatic carbocycles. The lowest BCUT2D eigenvalue weighted by Gasteiger charge is -2.12. The van der Waals surface area contributed by atoms with Crippen LogP contribution in [0.25, 0.3) is 0 Å². The van der Waals surface area contributed by atoms with E-state index in [0.717, 1.165) is 6.42 Å². The van der Waals surface area contributed by atoms with E-state index in [-0.39, 0.29) is 10.5 Å². The highest BCUT2D eigenvalue weighted by Crippen LogP contribution is 2.21. The maximum atomic E-state index is 11.9. The van der Waals surface area contributed by atoms with Crippen LogP contribution in [0.4, 0.5) is 5.69 Å². The summed E-state index contributed by atoms with van der Waals surface area (Å²) < 4.78 is 27.7. The molecule has 2 aromatic carbocycles. The molecule has 0 saturated heterocycles. The lowest BCUT2D eigenvalue weighted by Crippen LogP contribution is -2.15. The zero-order chi connectivity index (χ0) is 18.6. The smallest absolute Gasteiger partial charge is 0.340 e. The van der Waals surface area contributed by atoms with Gasteiger partial charge in [0.05, 0.1) is 17.6 Å². The summed E-state index contributed by atoms with van der Waals surface area (Å²) in [5.74, 6) is -0.626. The van der Waals surface area contributed by atoms with Gasteiger partial charge in [-0.15, -0.1) is 0 Å². The fraction of sp³-hybridized carbons (Fsp3) is 0.278. The van der Waals surface area contributed by atoms with E-state index in [9.17, 15) is 13.2 Å². The molecule has 0 amide bonds. The van der Waals surface area contributed by atoms with Crippen molar-refractivity contribution in [3.63, 3.8) is 0 Å². The van der Waals surface area contributed by atoms with Crippen molar-refractivity contribution in [2.24, 2.45) is 5.14 Å². The first-order valence-electron chi connectivity index (χ1n) is 7.77. The minimum absolute atomic E-state index is 0.132. The van der Waals surface area contributed by atoms with Crippen LogP contribution in [0.5, 0.6) is 0 Å². The number of ether oxygens (including phenoxy) is 1. The lowest BCUT2D eigenvalue weighted by atomic mass is 10.0. The molecule has 134 valence electrons. The van der Waals surface area contributed by atoms with E-state index < -0.39 is 16.0 Å². The fourth-order valence-corrected chi connectivity index (χ4v) is 3.23. The molecule has 0 unspecified atom stereocenters. The summed E-state index contributed by atoms with van der Waals surface area (Å²) in [6, 6.07) is 10.4. The summed E-state index contributed by atoms with van der Waals surface area (Å²) >= 11 is 0. The Morgan fingerprint density at radius 2 is 1.76 bits per heavy atom. The zero-order valence-electron chi connectivity index (χ0n) is 14.5. The predicted octanol–water partition coefficient (Wildman–Crippen LogP) is 2.39. The van der Waals surface area contributed by atoms with Crippen LogP contribution in [0.2, 0.25) is 0 Å². The molecule has 0 bridgehead atoms. The molecular formula is C18H22N2O4S. The van der Waals surface area contributed by atoms with Gasteiger partial charge in [0.15, 0.2) is 0 Å². The number of sulfonamides is 1. The first-order chi connectivity index (χ1) is 11.7. The van der Waals surface area contributed by atoms with Crippen LogP contribution in [0.3, 0.4) is 0 Å². The van der Waals surface area contributed by atoms with E-state index in [4.69, 9.17) is 9.88 Å². The first-order valence-corrected chi connectivity index (χ1v) is 9.31. The Balaban J connectivity index is 2.19. The third-order valence-electron chi connectivity index (χ3n) is 3.74. The summed E-state index contributed by atoms with van der Waals surface area (Å²) in [7, 11) is -2.65. The second kappa shape index (κ2) is 7.67. The van der Waals surface area contributed by atoms with E-state index in [1.807, 2.05) is 13.8 Å². The Morgan fingerprint density at radius 1 is 1.12 bits per heavy atom. The number of hydrogen-bond acceptors (Lipinski definition) is 5. The maximum Gasteiger partial charge on any atom is 0.340 e. The molecule has 0 aliphatic heterocycles. The average molecular weight is 362 g/mol. The third kappa shape index (κ3) is 5.04. The van der Waals surface area contributed by atoms with Crippen LogP contribution in [-0.4, -0.2) is 28.0 Å². The van der Waals surface area contributed by atoms with E-state index in [2.05, 4.69) is 23.5 Å². The predicted molar refractivity (Wildman–Crippen MR) is 97.3 cm³/mol. The largest absolute Gasteiger partial charge is 0.465 e. The van der Waals surface area contributed by atoms with Crippen LogP contribution in [0.1, 0.15) is 27.0 Å². The molecule has 0 saturated carbocycles. The molecule has 0 spiro atoms. The molecule has 2 rings (SSSR count). The summed E-state index contributed by atoms with van der Waals surface area (Å²) in [5, 5.41) is 8.28. The fourth-order valence-electron chi connectivity index (χ4n) is 2.69. The maximum absolute atomic E-state index is 11.9. The van der Waals surface area contributed by atoms with Crippen molar-refractivity contribution in [3.05, 3.63) is 58.7 Å². The highest BCUT2D eigenvalue weighted by Gasteiger charge is 2.17. The number of primary sulfonamides is 1. The van der Waals surface area contributed by atoms with Crippen molar-refractivity contribution in [1.29, 1.82) is 0 Å². The van der Waals surface area contributed by atoms with Gasteiger partial charge in [-0.3, -0.25) is 0 Å². The van der Waals surface area contributed by atoms with Crippen LogP contribution in [0, 0.1) is 13.8 Å². The highest BCUT2D eigenvalue weighted by atomic mass is 32.2. The number of benzene rings is 2. The number of nitrogens with one attached hydrogen (secondary N) is 1. The van der Waals surface area contributed by atoms with Crippen molar-refractivity contribution in [2.75, 3.05) is 19.0 Å². The number of hydrogen-bond donors (Lipinski definition) is 2. The zero-order valence-corrected chi connectivity index (χ0v) is 15.3. The van der Waals surface area contributed by atoms with E-state index in [1.165, 1.54) is 42.0 Å². The van der Waals surface area contributed by atoms with Crippen molar-refractivity contribution in [1.82, 2.24) is 0 Å². The number of carbonyl (C=O) groups is 1. The van der Waals surface area contributed by atoms with Gasteiger partial charge in [-0.05, 0) is 44.0 Å². The first kappa shape index (κ1) is 19.0. The van der Waals surface area contributed by atoms with Gasteiger partial charge in [0.1, 0.15) is 0 Å². The van der Waals surface area contributed by atoms with Crippen LogP contribution in [-0.2, 0) is 21.2 Å². The number of carbonyl (C=O) groups excluding carboxylic acids is 1. The van der Waals surface area contributed by atoms with Gasteiger partial charge in [-0.1, -0.05) is 29.3 Å². The number of nitrogens with two attached hydrogens (primary N) is 1. The number of methoxy groups -OCH3 is 1. The summed E-state index contributed by atoms with van der Waals surface area (Å²) in [6.07, 6.45) is 0.764. The molecule has 7 heteroatoms. The number of esters is 1. The molecule has 3 N–H and O–H groups in total. The normalized spacial score (nSPS) is 11.2. The second-order valence-corrected chi connectivity index (χ2v) is 7.48. The van der Waals surface area contributed by atoms with Crippen molar-refractivity contribution in [3.8, 4) is 0 Å². The third-order valence-corrected chi connectivity index (χ3v) is 4.65. The number of rotatable bonds is 6. The Morgan fingerprint density at radius 3 is 2.32 bits per heavy atom. The minimum Gasteiger partial charge on any atom is -0.465 e. The summed E-state index contributed by atoms with van der Waals surface area (Å²) in [4.78, 5) is 11.8. The molecule has 25 heavy (non-hydrogen) atoms. The van der Waals surface area contributed by atoms with Crippen molar-refractivity contribution in [2.45, 2.75) is 25.2 Å². The van der Waals surface area contributed by atoms with Gasteiger partial charge >= 0.3 is 5.97 Å². The minimum atomic E-state index is -3.89. The molecule has 0 radical (unpaired) electrons. The summed E-state index contributed by atoms with van der Waals surface area (Å²) in [6.45, 7) is 4.68. The Bertz CT molecular complexity index is 872. The average Bonchev–Trinajstić information content (AvgIpc) is 2.52. The quantitative estimate of drug-likeness (QED) is 0.769. The van der Waals surface area contributed by atoms with Crippen molar-refractivity contribution < 1.29 is 17.9 Å². The van der Waals surface area contributed by atoms with Gasteiger partial charge in [-0.2, -0.15) is 0 Å². The monoisotopic (exact) mass is 362 g/mol. The Labute approximate surface area is 148 Å². The standard InChI is InChI=1S/C18H22N2O4S/c1-12-8-13(2)10-14(9-12)6-7-20-17-5-4-15(25(19,22)23)11-16(17)18(21)24-3/h4-5,8-11,20H,6-7H2,1-3H3,(H2,19,22,23). The number of anilines is 1. The molecule has 6 nitrogen and oxygen atoms in total. The Hall–Kier alpha value is -2.38. The SMILES string of the molecule is COC(=O)c1cc(S(N)(=O)=O)ccc1NCCc1cc(C)cc(C)c1. The topological polar surface area (TPSA) is 98.5 Å². The molecule has 0 fully saturated rings. The molecule has 0 heterocycles. The molecule has 0 aliphatic rings. The molecule has 2 aromatic rings. The molecule has 0 atom stereocenters. The van der Waals surface area contributed by atoms with E-state index in [0.29, 0.717) is 12.2 Å². The van der Waals surface area contributed by atoms with Gasteiger partial charge in [0, 0.05) is 12.2 Å². The van der Waals surface area contributed by atoms with Crippen LogP contribution < -0.4 is 10.5 Å².